The number of halogens is 2. The van der Waals surface area contributed by atoms with E-state index in [9.17, 15) is 13.6 Å². The predicted octanol–water partition coefficient (Wildman–Crippen LogP) is 2.99. The molecule has 1 heterocycles. The zero-order valence-electron chi connectivity index (χ0n) is 11.0. The summed E-state index contributed by atoms with van der Waals surface area (Å²) in [6.07, 6.45) is 3.50. The van der Waals surface area contributed by atoms with Crippen LogP contribution in [0, 0.1) is 11.6 Å². The Balaban J connectivity index is 1.90. The number of hydrogen-bond acceptors (Lipinski definition) is 3. The number of carbonyl (C=O) groups excluding carboxylic acids is 1. The van der Waals surface area contributed by atoms with Crippen molar-refractivity contribution in [1.29, 1.82) is 0 Å². The Labute approximate surface area is 120 Å². The molecule has 0 spiro atoms. The van der Waals surface area contributed by atoms with Gasteiger partial charge in [-0.15, -0.1) is 11.8 Å². The summed E-state index contributed by atoms with van der Waals surface area (Å²) >= 11 is 0.982. The van der Waals surface area contributed by atoms with Gasteiger partial charge in [0.1, 0.15) is 11.6 Å². The van der Waals surface area contributed by atoms with E-state index in [0.29, 0.717) is 13.2 Å². The summed E-state index contributed by atoms with van der Waals surface area (Å²) < 4.78 is 32.4. The number of urea groups is 1. The van der Waals surface area contributed by atoms with Crippen molar-refractivity contribution in [3.05, 3.63) is 23.8 Å². The van der Waals surface area contributed by atoms with Crippen LogP contribution in [-0.4, -0.2) is 31.5 Å². The number of carbonyl (C=O) groups is 1. The topological polar surface area (TPSA) is 50.4 Å². The summed E-state index contributed by atoms with van der Waals surface area (Å²) in [6, 6.07) is 1.69. The number of amides is 2. The summed E-state index contributed by atoms with van der Waals surface area (Å²) in [6.45, 7) is 1.10. The molecule has 2 amide bonds. The molecule has 0 saturated carbocycles. The van der Waals surface area contributed by atoms with E-state index in [2.05, 4.69) is 10.6 Å². The molecule has 0 radical (unpaired) electrons. The van der Waals surface area contributed by atoms with Gasteiger partial charge < -0.3 is 15.4 Å². The van der Waals surface area contributed by atoms with Gasteiger partial charge in [0, 0.05) is 18.8 Å². The second-order valence-corrected chi connectivity index (χ2v) is 5.26. The second kappa shape index (κ2) is 6.90. The van der Waals surface area contributed by atoms with Crippen LogP contribution in [0.25, 0.3) is 0 Å². The van der Waals surface area contributed by atoms with E-state index in [0.717, 1.165) is 36.7 Å². The van der Waals surface area contributed by atoms with Crippen LogP contribution < -0.4 is 10.6 Å². The molecule has 0 aliphatic carbocycles. The van der Waals surface area contributed by atoms with E-state index in [1.165, 1.54) is 0 Å². The number of rotatable bonds is 4. The maximum Gasteiger partial charge on any atom is 0.319 e. The van der Waals surface area contributed by atoms with Crippen molar-refractivity contribution >= 4 is 23.5 Å². The van der Waals surface area contributed by atoms with E-state index in [4.69, 9.17) is 4.74 Å². The number of hydrogen-bond donors (Lipinski definition) is 2. The third kappa shape index (κ3) is 3.83. The highest BCUT2D eigenvalue weighted by molar-refractivity contribution is 7.98. The quantitative estimate of drug-likeness (QED) is 0.841. The second-order valence-electron chi connectivity index (χ2n) is 4.44. The molecule has 1 aliphatic heterocycles. The maximum absolute atomic E-state index is 13.5. The Morgan fingerprint density at radius 3 is 2.70 bits per heavy atom. The molecule has 110 valence electrons. The average Bonchev–Trinajstić information content (AvgIpc) is 2.89. The van der Waals surface area contributed by atoms with Gasteiger partial charge >= 0.3 is 6.03 Å². The van der Waals surface area contributed by atoms with Crippen molar-refractivity contribution < 1.29 is 18.3 Å². The van der Waals surface area contributed by atoms with Gasteiger partial charge in [0.2, 0.25) is 0 Å². The van der Waals surface area contributed by atoms with E-state index < -0.39 is 17.7 Å². The molecular formula is C13H16F2N2O2S. The normalized spacial score (nSPS) is 18.1. The van der Waals surface area contributed by atoms with E-state index in [1.807, 2.05) is 0 Å². The molecule has 1 saturated heterocycles. The zero-order valence-corrected chi connectivity index (χ0v) is 11.9. The molecule has 4 nitrogen and oxygen atoms in total. The lowest BCUT2D eigenvalue weighted by molar-refractivity contribution is 0.112. The molecule has 20 heavy (non-hydrogen) atoms. The van der Waals surface area contributed by atoms with E-state index in [-0.39, 0.29) is 16.7 Å². The minimum atomic E-state index is -0.688. The highest BCUT2D eigenvalue weighted by Gasteiger charge is 2.16. The van der Waals surface area contributed by atoms with Crippen LogP contribution in [0.5, 0.6) is 0 Å². The van der Waals surface area contributed by atoms with E-state index >= 15 is 0 Å². The first-order chi connectivity index (χ1) is 9.60. The summed E-state index contributed by atoms with van der Waals surface area (Å²) in [4.78, 5) is 11.6. The largest absolute Gasteiger partial charge is 0.376 e. The molecule has 2 N–H and O–H groups in total. The lowest BCUT2D eigenvalue weighted by Gasteiger charge is -2.12. The smallest absolute Gasteiger partial charge is 0.319 e. The Bertz CT molecular complexity index is 470. The third-order valence-electron chi connectivity index (χ3n) is 2.97. The van der Waals surface area contributed by atoms with Crippen molar-refractivity contribution in [3.63, 3.8) is 0 Å². The standard InChI is InChI=1S/C13H16F2N2O2S/c1-20-12-10(14)5-8(6-11(12)15)17-13(18)16-7-9-3-2-4-19-9/h5-6,9H,2-4,7H2,1H3,(H2,16,17,18)/t9-/m0/s1. The van der Waals surface area contributed by atoms with Crippen LogP contribution in [0.4, 0.5) is 19.3 Å². The summed E-state index contributed by atoms with van der Waals surface area (Å²) in [5.41, 5.74) is 0.0858. The highest BCUT2D eigenvalue weighted by Crippen LogP contribution is 2.26. The number of anilines is 1. The van der Waals surface area contributed by atoms with Gasteiger partial charge in [-0.3, -0.25) is 0 Å². The van der Waals surface area contributed by atoms with Gasteiger partial charge in [-0.2, -0.15) is 0 Å². The van der Waals surface area contributed by atoms with Crippen LogP contribution >= 0.6 is 11.8 Å². The molecule has 7 heteroatoms. The molecular weight excluding hydrogens is 286 g/mol. The van der Waals surface area contributed by atoms with Crippen LogP contribution in [0.15, 0.2) is 17.0 Å². The molecule has 1 atom stereocenters. The molecule has 0 unspecified atom stereocenters. The first kappa shape index (κ1) is 15.1. The van der Waals surface area contributed by atoms with Crippen molar-refractivity contribution in [3.8, 4) is 0 Å². The van der Waals surface area contributed by atoms with Crippen molar-refractivity contribution in [2.24, 2.45) is 0 Å². The minimum Gasteiger partial charge on any atom is -0.376 e. The first-order valence-corrected chi connectivity index (χ1v) is 7.52. The maximum atomic E-state index is 13.5. The SMILES string of the molecule is CSc1c(F)cc(NC(=O)NC[C@@H]2CCCO2)cc1F. The minimum absolute atomic E-state index is 0.0214. The molecule has 0 bridgehead atoms. The summed E-state index contributed by atoms with van der Waals surface area (Å²) in [5.74, 6) is -1.38. The van der Waals surface area contributed by atoms with Crippen molar-refractivity contribution in [2.75, 3.05) is 24.7 Å². The van der Waals surface area contributed by atoms with Gasteiger partial charge in [0.05, 0.1) is 11.0 Å². The van der Waals surface area contributed by atoms with Crippen LogP contribution in [-0.2, 0) is 4.74 Å². The fraction of sp³-hybridized carbons (Fsp3) is 0.462. The monoisotopic (exact) mass is 302 g/mol. The summed E-state index contributed by atoms with van der Waals surface area (Å²) in [5, 5.41) is 5.02. The molecule has 1 aliphatic rings. The van der Waals surface area contributed by atoms with Crippen molar-refractivity contribution in [1.82, 2.24) is 5.32 Å². The van der Waals surface area contributed by atoms with Gasteiger partial charge in [0.15, 0.2) is 0 Å². The molecule has 1 aromatic rings. The zero-order chi connectivity index (χ0) is 14.5. The number of benzene rings is 1. The number of ether oxygens (including phenoxy) is 1. The lowest BCUT2D eigenvalue weighted by Crippen LogP contribution is -2.35. The van der Waals surface area contributed by atoms with Crippen LogP contribution in [0.2, 0.25) is 0 Å². The fourth-order valence-electron chi connectivity index (χ4n) is 2.01. The first-order valence-electron chi connectivity index (χ1n) is 6.29. The van der Waals surface area contributed by atoms with Crippen LogP contribution in [0.3, 0.4) is 0 Å². The Kier molecular flexibility index (Phi) is 5.19. The summed E-state index contributed by atoms with van der Waals surface area (Å²) in [7, 11) is 0. The van der Waals surface area contributed by atoms with E-state index in [1.54, 1.807) is 6.26 Å². The number of thioether (sulfide) groups is 1. The van der Waals surface area contributed by atoms with Gasteiger partial charge in [0.25, 0.3) is 0 Å². The molecule has 2 rings (SSSR count). The molecule has 0 aromatic heterocycles. The van der Waals surface area contributed by atoms with Gasteiger partial charge in [-0.05, 0) is 31.2 Å². The highest BCUT2D eigenvalue weighted by atomic mass is 32.2. The third-order valence-corrected chi connectivity index (χ3v) is 3.77. The van der Waals surface area contributed by atoms with Gasteiger partial charge in [-0.25, -0.2) is 13.6 Å². The molecule has 1 aromatic carbocycles. The Hall–Kier alpha value is -1.34. The lowest BCUT2D eigenvalue weighted by atomic mass is 10.2. The number of nitrogens with one attached hydrogen (secondary N) is 2. The van der Waals surface area contributed by atoms with Gasteiger partial charge in [-0.1, -0.05) is 0 Å². The van der Waals surface area contributed by atoms with Crippen LogP contribution in [0.1, 0.15) is 12.8 Å². The fourth-order valence-corrected chi connectivity index (χ4v) is 2.52. The molecule has 1 fully saturated rings. The predicted molar refractivity (Wildman–Crippen MR) is 74.1 cm³/mol. The average molecular weight is 302 g/mol. The Morgan fingerprint density at radius 2 is 2.15 bits per heavy atom. The van der Waals surface area contributed by atoms with Crippen molar-refractivity contribution in [2.45, 2.75) is 23.8 Å². The Morgan fingerprint density at radius 1 is 1.45 bits per heavy atom.